The second kappa shape index (κ2) is 11.6. The van der Waals surface area contributed by atoms with Gasteiger partial charge in [0.15, 0.2) is 0 Å². The molecule has 3 N–H and O–H groups in total. The summed E-state index contributed by atoms with van der Waals surface area (Å²) in [6, 6.07) is 26.7. The largest absolute Gasteiger partial charge is 0.478 e. The topological polar surface area (TPSA) is 95.1 Å². The van der Waals surface area contributed by atoms with Crippen molar-refractivity contribution in [2.24, 2.45) is 0 Å². The number of carboxylic acids is 1. The number of carboxylic acid groups (broad SMARTS) is 1. The van der Waals surface area contributed by atoms with Gasteiger partial charge in [0, 0.05) is 11.1 Å². The molecule has 214 valence electrons. The van der Waals surface area contributed by atoms with Crippen LogP contribution in [0.25, 0.3) is 33.5 Å². The molecular weight excluding hydrogens is 522 g/mol. The minimum absolute atomic E-state index is 0.0100. The van der Waals surface area contributed by atoms with Gasteiger partial charge in [-0.15, -0.1) is 0 Å². The van der Waals surface area contributed by atoms with Gasteiger partial charge in [-0.2, -0.15) is 0 Å². The van der Waals surface area contributed by atoms with Crippen LogP contribution in [-0.2, 0) is 5.41 Å². The molecule has 1 atom stereocenters. The van der Waals surface area contributed by atoms with E-state index in [1.54, 1.807) is 12.1 Å². The van der Waals surface area contributed by atoms with Gasteiger partial charge in [-0.3, -0.25) is 4.79 Å². The minimum Gasteiger partial charge on any atom is -0.478 e. The van der Waals surface area contributed by atoms with Crippen LogP contribution in [0.1, 0.15) is 84.0 Å². The number of H-pyrrole nitrogens is 1. The molecule has 0 saturated carbocycles. The quantitative estimate of drug-likeness (QED) is 0.178. The summed E-state index contributed by atoms with van der Waals surface area (Å²) in [5, 5.41) is 13.4. The second-order valence-corrected chi connectivity index (χ2v) is 11.9. The Morgan fingerprint density at radius 3 is 2.38 bits per heavy atom. The fraction of sp³-hybridized carbons (Fsp3) is 0.250. The third-order valence-corrected chi connectivity index (χ3v) is 7.74. The highest BCUT2D eigenvalue weighted by atomic mass is 16.4. The van der Waals surface area contributed by atoms with Crippen LogP contribution in [0, 0.1) is 6.92 Å². The molecule has 0 aliphatic heterocycles. The Balaban J connectivity index is 1.55. The molecule has 1 aromatic heterocycles. The number of aromatic amines is 1. The first-order valence-electron chi connectivity index (χ1n) is 14.4. The van der Waals surface area contributed by atoms with Gasteiger partial charge in [-0.25, -0.2) is 9.78 Å². The Hall–Kier alpha value is -4.71. The van der Waals surface area contributed by atoms with Gasteiger partial charge >= 0.3 is 5.97 Å². The van der Waals surface area contributed by atoms with Crippen molar-refractivity contribution in [3.05, 3.63) is 113 Å². The summed E-state index contributed by atoms with van der Waals surface area (Å²) in [7, 11) is 0. The van der Waals surface area contributed by atoms with Crippen LogP contribution in [0.5, 0.6) is 0 Å². The zero-order valence-electron chi connectivity index (χ0n) is 24.8. The number of benzene rings is 4. The molecule has 6 nitrogen and oxygen atoms in total. The molecule has 42 heavy (non-hydrogen) atoms. The standard InChI is InChI=1S/C36H37N3O3/c1-6-11-29(23-13-8-7-9-14-23)39-34(40)24-16-18-26(28(20-24)35(41)42)32-22(2)12-10-15-27(32)33-37-30-19-17-25(36(3,4)5)21-31(30)38-33/h7-10,12-21,29H,6,11H2,1-5H3,(H,37,38)(H,39,40)(H,41,42)/t29-/m1/s1. The zero-order chi connectivity index (χ0) is 30.0. The lowest BCUT2D eigenvalue weighted by atomic mass is 9.87. The third kappa shape index (κ3) is 5.84. The number of aromatic nitrogens is 2. The summed E-state index contributed by atoms with van der Waals surface area (Å²) in [5.41, 5.74) is 7.36. The number of amides is 1. The van der Waals surface area contributed by atoms with Gasteiger partial charge in [-0.05, 0) is 70.8 Å². The first-order valence-corrected chi connectivity index (χ1v) is 14.4. The van der Waals surface area contributed by atoms with E-state index in [1.165, 1.54) is 11.6 Å². The Labute approximate surface area is 246 Å². The van der Waals surface area contributed by atoms with Gasteiger partial charge in [0.25, 0.3) is 5.91 Å². The molecule has 1 heterocycles. The van der Waals surface area contributed by atoms with E-state index in [2.05, 4.69) is 50.1 Å². The van der Waals surface area contributed by atoms with E-state index in [1.807, 2.05) is 61.5 Å². The molecule has 0 spiro atoms. The van der Waals surface area contributed by atoms with Gasteiger partial charge in [0.2, 0.25) is 0 Å². The minimum atomic E-state index is -1.10. The number of carbonyl (C=O) groups excluding carboxylic acids is 1. The van der Waals surface area contributed by atoms with Crippen molar-refractivity contribution in [2.75, 3.05) is 0 Å². The van der Waals surface area contributed by atoms with Gasteiger partial charge < -0.3 is 15.4 Å². The summed E-state index contributed by atoms with van der Waals surface area (Å²) in [6.07, 6.45) is 1.68. The van der Waals surface area contributed by atoms with Crippen molar-refractivity contribution in [3.8, 4) is 22.5 Å². The van der Waals surface area contributed by atoms with Crippen LogP contribution in [0.3, 0.4) is 0 Å². The normalized spacial score (nSPS) is 12.3. The van der Waals surface area contributed by atoms with E-state index >= 15 is 0 Å². The van der Waals surface area contributed by atoms with Crippen molar-refractivity contribution in [2.45, 2.75) is 58.9 Å². The molecule has 1 amide bonds. The summed E-state index contributed by atoms with van der Waals surface area (Å²) in [4.78, 5) is 34.3. The van der Waals surface area contributed by atoms with E-state index in [0.29, 0.717) is 17.0 Å². The highest BCUT2D eigenvalue weighted by Gasteiger charge is 2.23. The predicted octanol–water partition coefficient (Wildman–Crippen LogP) is 8.47. The molecule has 0 bridgehead atoms. The summed E-state index contributed by atoms with van der Waals surface area (Å²) >= 11 is 0. The lowest BCUT2D eigenvalue weighted by Crippen LogP contribution is -2.28. The van der Waals surface area contributed by atoms with Gasteiger partial charge in [0.05, 0.1) is 22.6 Å². The molecular formula is C36H37N3O3. The summed E-state index contributed by atoms with van der Waals surface area (Å²) in [5.74, 6) is -0.733. The highest BCUT2D eigenvalue weighted by Crippen LogP contribution is 2.37. The fourth-order valence-electron chi connectivity index (χ4n) is 5.44. The maximum atomic E-state index is 13.4. The number of carbonyl (C=O) groups is 2. The van der Waals surface area contributed by atoms with Crippen molar-refractivity contribution in [1.82, 2.24) is 15.3 Å². The molecule has 5 aromatic rings. The van der Waals surface area contributed by atoms with Crippen molar-refractivity contribution in [1.29, 1.82) is 0 Å². The Morgan fingerprint density at radius 1 is 0.929 bits per heavy atom. The van der Waals surface area contributed by atoms with Crippen LogP contribution < -0.4 is 5.32 Å². The first kappa shape index (κ1) is 28.8. The third-order valence-electron chi connectivity index (χ3n) is 7.74. The summed E-state index contributed by atoms with van der Waals surface area (Å²) < 4.78 is 0. The average molecular weight is 560 g/mol. The number of nitrogens with one attached hydrogen (secondary N) is 2. The predicted molar refractivity (Wildman–Crippen MR) is 169 cm³/mol. The van der Waals surface area contributed by atoms with Crippen molar-refractivity contribution >= 4 is 22.9 Å². The number of nitrogens with zero attached hydrogens (tertiary/aromatic N) is 1. The fourth-order valence-corrected chi connectivity index (χ4v) is 5.44. The van der Waals surface area contributed by atoms with Gasteiger partial charge in [0.1, 0.15) is 5.82 Å². The maximum Gasteiger partial charge on any atom is 0.336 e. The Bertz CT molecular complexity index is 1760. The zero-order valence-corrected chi connectivity index (χ0v) is 24.8. The molecule has 0 aliphatic carbocycles. The molecule has 0 aliphatic rings. The number of rotatable bonds is 8. The Kier molecular flexibility index (Phi) is 7.99. The molecule has 4 aromatic carbocycles. The smallest absolute Gasteiger partial charge is 0.336 e. The molecule has 0 radical (unpaired) electrons. The van der Waals surface area contributed by atoms with E-state index in [-0.39, 0.29) is 22.9 Å². The first-order chi connectivity index (χ1) is 20.1. The number of fused-ring (bicyclic) bond motifs is 1. The van der Waals surface area contributed by atoms with E-state index in [4.69, 9.17) is 4.98 Å². The van der Waals surface area contributed by atoms with Crippen molar-refractivity contribution in [3.63, 3.8) is 0 Å². The SMILES string of the molecule is CCC[C@@H](NC(=O)c1ccc(-c2c(C)cccc2-c2nc3cc(C(C)(C)C)ccc3[nH]2)c(C(=O)O)c1)c1ccccc1. The van der Waals surface area contributed by atoms with Crippen LogP contribution in [0.15, 0.2) is 84.9 Å². The summed E-state index contributed by atoms with van der Waals surface area (Å²) in [6.45, 7) is 10.5. The number of hydrogen-bond acceptors (Lipinski definition) is 3. The van der Waals surface area contributed by atoms with Gasteiger partial charge in [-0.1, -0.05) is 94.8 Å². The Morgan fingerprint density at radius 2 is 1.69 bits per heavy atom. The monoisotopic (exact) mass is 559 g/mol. The van der Waals surface area contributed by atoms with Crippen LogP contribution >= 0.6 is 0 Å². The van der Waals surface area contributed by atoms with Crippen LogP contribution in [-0.4, -0.2) is 27.0 Å². The molecule has 6 heteroatoms. The van der Waals surface area contributed by atoms with Crippen molar-refractivity contribution < 1.29 is 14.7 Å². The number of aromatic carboxylic acids is 1. The van der Waals surface area contributed by atoms with E-state index in [9.17, 15) is 14.7 Å². The maximum absolute atomic E-state index is 13.4. The number of imidazole rings is 1. The van der Waals surface area contributed by atoms with Crippen LogP contribution in [0.2, 0.25) is 0 Å². The number of aryl methyl sites for hydroxylation is 1. The highest BCUT2D eigenvalue weighted by molar-refractivity contribution is 6.03. The molecule has 0 unspecified atom stereocenters. The number of hydrogen-bond donors (Lipinski definition) is 3. The lowest BCUT2D eigenvalue weighted by molar-refractivity contribution is 0.0697. The van der Waals surface area contributed by atoms with E-state index < -0.39 is 5.97 Å². The average Bonchev–Trinajstić information content (AvgIpc) is 3.40. The second-order valence-electron chi connectivity index (χ2n) is 11.9. The molecule has 0 saturated heterocycles. The molecule has 0 fully saturated rings. The molecule has 5 rings (SSSR count). The van der Waals surface area contributed by atoms with E-state index in [0.717, 1.165) is 46.1 Å². The lowest BCUT2D eigenvalue weighted by Gasteiger charge is -2.19. The van der Waals surface area contributed by atoms with Crippen LogP contribution in [0.4, 0.5) is 0 Å².